The zero-order valence-corrected chi connectivity index (χ0v) is 13.9. The van der Waals surface area contributed by atoms with E-state index in [1.165, 1.54) is 14.0 Å². The molecule has 0 aromatic heterocycles. The third-order valence-corrected chi connectivity index (χ3v) is 4.82. The van der Waals surface area contributed by atoms with Gasteiger partial charge in [0.1, 0.15) is 0 Å². The molecule has 0 saturated heterocycles. The van der Waals surface area contributed by atoms with Crippen LogP contribution in [0.4, 0.5) is 0 Å². The Kier molecular flexibility index (Phi) is 4.73. The zero-order chi connectivity index (χ0) is 13.8. The largest absolute Gasteiger partial charge is 0.490 e. The van der Waals surface area contributed by atoms with Gasteiger partial charge in [-0.2, -0.15) is 0 Å². The van der Waals surface area contributed by atoms with E-state index in [9.17, 15) is 0 Å². The molecule has 1 aliphatic rings. The molecule has 20 heavy (non-hydrogen) atoms. The number of hydrogen-bond donors (Lipinski definition) is 0. The van der Waals surface area contributed by atoms with Crippen molar-refractivity contribution >= 4 is 34.4 Å². The van der Waals surface area contributed by atoms with Gasteiger partial charge in [0.25, 0.3) is 0 Å². The van der Waals surface area contributed by atoms with E-state index in [4.69, 9.17) is 9.47 Å². The summed E-state index contributed by atoms with van der Waals surface area (Å²) in [7, 11) is 0. The van der Waals surface area contributed by atoms with Gasteiger partial charge in [0.05, 0.1) is 13.2 Å². The molecule has 0 unspecified atom stereocenters. The highest BCUT2D eigenvalue weighted by Crippen LogP contribution is 2.34. The van der Waals surface area contributed by atoms with Crippen molar-refractivity contribution in [2.75, 3.05) is 13.2 Å². The van der Waals surface area contributed by atoms with Crippen LogP contribution in [0.2, 0.25) is 0 Å². The minimum absolute atomic E-state index is 0.734. The summed E-state index contributed by atoms with van der Waals surface area (Å²) in [6.07, 6.45) is 0.944. The minimum Gasteiger partial charge on any atom is -0.490 e. The molecular weight excluding hydrogens is 383 g/mol. The maximum Gasteiger partial charge on any atom is 0.162 e. The maximum absolute atomic E-state index is 5.72. The van der Waals surface area contributed by atoms with Crippen LogP contribution in [0.5, 0.6) is 11.5 Å². The first-order valence-corrected chi connectivity index (χ1v) is 8.64. The molecule has 0 fully saturated rings. The van der Waals surface area contributed by atoms with Gasteiger partial charge in [-0.05, 0) is 58.5 Å². The number of ether oxygens (including phenoxy) is 2. The molecule has 2 aromatic carbocycles. The molecule has 0 saturated carbocycles. The molecule has 1 aliphatic heterocycles. The van der Waals surface area contributed by atoms with Crippen molar-refractivity contribution in [3.63, 3.8) is 0 Å². The van der Waals surface area contributed by atoms with E-state index in [0.29, 0.717) is 0 Å². The van der Waals surface area contributed by atoms with Crippen LogP contribution in [0, 0.1) is 3.57 Å². The number of benzene rings is 2. The van der Waals surface area contributed by atoms with Gasteiger partial charge >= 0.3 is 0 Å². The van der Waals surface area contributed by atoms with Gasteiger partial charge in [-0.3, -0.25) is 0 Å². The van der Waals surface area contributed by atoms with E-state index in [2.05, 4.69) is 59.0 Å². The third-order valence-electron chi connectivity index (χ3n) is 3.04. The minimum atomic E-state index is 0.734. The molecular formula is C16H15IO2S. The van der Waals surface area contributed by atoms with E-state index in [1.54, 1.807) is 0 Å². The molecule has 4 heteroatoms. The fourth-order valence-electron chi connectivity index (χ4n) is 1.98. The lowest BCUT2D eigenvalue weighted by molar-refractivity contribution is 0.297. The van der Waals surface area contributed by atoms with Gasteiger partial charge in [0.15, 0.2) is 11.5 Å². The summed E-state index contributed by atoms with van der Waals surface area (Å²) >= 11 is 4.15. The predicted octanol–water partition coefficient (Wildman–Crippen LogP) is 4.74. The Bertz CT molecular complexity index is 584. The molecule has 104 valence electrons. The van der Waals surface area contributed by atoms with Gasteiger partial charge in [-0.1, -0.05) is 12.1 Å². The fraction of sp³-hybridized carbons (Fsp3) is 0.250. The molecule has 0 atom stereocenters. The first-order valence-electron chi connectivity index (χ1n) is 6.58. The summed E-state index contributed by atoms with van der Waals surface area (Å²) in [5.41, 5.74) is 1.34. The Morgan fingerprint density at radius 1 is 0.950 bits per heavy atom. The monoisotopic (exact) mass is 398 g/mol. The van der Waals surface area contributed by atoms with Crippen molar-refractivity contribution in [3.8, 4) is 11.5 Å². The van der Waals surface area contributed by atoms with Crippen molar-refractivity contribution in [2.24, 2.45) is 0 Å². The number of rotatable bonds is 3. The topological polar surface area (TPSA) is 18.5 Å². The molecule has 3 rings (SSSR count). The van der Waals surface area contributed by atoms with Crippen LogP contribution in [-0.4, -0.2) is 13.2 Å². The summed E-state index contributed by atoms with van der Waals surface area (Å²) in [5, 5.41) is 0. The first kappa shape index (κ1) is 14.1. The summed E-state index contributed by atoms with van der Waals surface area (Å²) in [5.74, 6) is 2.70. The Morgan fingerprint density at radius 2 is 1.70 bits per heavy atom. The van der Waals surface area contributed by atoms with Crippen LogP contribution in [0.15, 0.2) is 47.4 Å². The molecule has 1 heterocycles. The highest BCUT2D eigenvalue weighted by molar-refractivity contribution is 14.1. The molecule has 0 radical (unpaired) electrons. The molecule has 0 N–H and O–H groups in total. The summed E-state index contributed by atoms with van der Waals surface area (Å²) in [6, 6.07) is 14.8. The standard InChI is InChI=1S/C16H15IO2S/c17-13-4-2-12(3-5-13)11-20-14-6-7-15-16(10-14)19-9-1-8-18-15/h2-7,10H,1,8-9,11H2. The second-order valence-corrected chi connectivity index (χ2v) is 6.87. The van der Waals surface area contributed by atoms with Crippen LogP contribution < -0.4 is 9.47 Å². The average Bonchev–Trinajstić information content (AvgIpc) is 2.71. The molecule has 2 aromatic rings. The number of thioether (sulfide) groups is 1. The second kappa shape index (κ2) is 6.72. The molecule has 0 bridgehead atoms. The van der Waals surface area contributed by atoms with Crippen molar-refractivity contribution < 1.29 is 9.47 Å². The first-order chi connectivity index (χ1) is 9.81. The highest BCUT2D eigenvalue weighted by Gasteiger charge is 2.10. The number of hydrogen-bond acceptors (Lipinski definition) is 3. The van der Waals surface area contributed by atoms with Crippen molar-refractivity contribution in [1.29, 1.82) is 0 Å². The lowest BCUT2D eigenvalue weighted by Gasteiger charge is -2.09. The zero-order valence-electron chi connectivity index (χ0n) is 11.0. The number of fused-ring (bicyclic) bond motifs is 1. The molecule has 0 aliphatic carbocycles. The van der Waals surface area contributed by atoms with E-state index in [0.717, 1.165) is 36.9 Å². The van der Waals surface area contributed by atoms with Gasteiger partial charge in [-0.15, -0.1) is 11.8 Å². The van der Waals surface area contributed by atoms with Crippen molar-refractivity contribution in [3.05, 3.63) is 51.6 Å². The SMILES string of the molecule is Ic1ccc(CSc2ccc3c(c2)OCCCO3)cc1. The van der Waals surface area contributed by atoms with Crippen molar-refractivity contribution in [1.82, 2.24) is 0 Å². The van der Waals surface area contributed by atoms with Crippen LogP contribution in [0.1, 0.15) is 12.0 Å². The Hall–Kier alpha value is -0.880. The molecule has 0 amide bonds. The lowest BCUT2D eigenvalue weighted by Crippen LogP contribution is -1.97. The Balaban J connectivity index is 1.68. The second-order valence-electron chi connectivity index (χ2n) is 4.57. The van der Waals surface area contributed by atoms with E-state index in [-0.39, 0.29) is 0 Å². The van der Waals surface area contributed by atoms with Gasteiger partial charge in [0.2, 0.25) is 0 Å². The molecule has 0 spiro atoms. The average molecular weight is 398 g/mol. The van der Waals surface area contributed by atoms with Crippen LogP contribution in [0.25, 0.3) is 0 Å². The van der Waals surface area contributed by atoms with Crippen LogP contribution >= 0.6 is 34.4 Å². The Labute approximate surface area is 137 Å². The van der Waals surface area contributed by atoms with Crippen LogP contribution in [0.3, 0.4) is 0 Å². The van der Waals surface area contributed by atoms with Gasteiger partial charge in [0, 0.05) is 20.6 Å². The van der Waals surface area contributed by atoms with Crippen LogP contribution in [-0.2, 0) is 5.75 Å². The van der Waals surface area contributed by atoms with E-state index in [1.807, 2.05) is 17.8 Å². The molecule has 2 nitrogen and oxygen atoms in total. The highest BCUT2D eigenvalue weighted by atomic mass is 127. The Morgan fingerprint density at radius 3 is 2.50 bits per heavy atom. The third kappa shape index (κ3) is 3.61. The fourth-order valence-corrected chi connectivity index (χ4v) is 3.22. The predicted molar refractivity (Wildman–Crippen MR) is 90.8 cm³/mol. The summed E-state index contributed by atoms with van der Waals surface area (Å²) in [4.78, 5) is 1.22. The number of halogens is 1. The summed E-state index contributed by atoms with van der Waals surface area (Å²) in [6.45, 7) is 1.47. The van der Waals surface area contributed by atoms with Gasteiger partial charge in [-0.25, -0.2) is 0 Å². The quantitative estimate of drug-likeness (QED) is 0.550. The van der Waals surface area contributed by atoms with Gasteiger partial charge < -0.3 is 9.47 Å². The van der Waals surface area contributed by atoms with Crippen molar-refractivity contribution in [2.45, 2.75) is 17.1 Å². The normalized spacial score (nSPS) is 13.8. The smallest absolute Gasteiger partial charge is 0.162 e. The van der Waals surface area contributed by atoms with E-state index < -0.39 is 0 Å². The lowest BCUT2D eigenvalue weighted by atomic mass is 10.2. The maximum atomic E-state index is 5.72. The summed E-state index contributed by atoms with van der Waals surface area (Å²) < 4.78 is 12.6. The van der Waals surface area contributed by atoms with E-state index >= 15 is 0 Å².